The number of halogens is 1. The van der Waals surface area contributed by atoms with Gasteiger partial charge in [-0.1, -0.05) is 56.2 Å². The summed E-state index contributed by atoms with van der Waals surface area (Å²) >= 11 is 0. The molecule has 2 aromatic carbocycles. The molecule has 0 amide bonds. The van der Waals surface area contributed by atoms with Gasteiger partial charge in [0, 0.05) is 36.0 Å². The normalized spacial score (nSPS) is 12.8. The minimum absolute atomic E-state index is 0.0138. The van der Waals surface area contributed by atoms with Crippen molar-refractivity contribution in [1.82, 2.24) is 0 Å². The third-order valence-electron chi connectivity index (χ3n) is 4.49. The summed E-state index contributed by atoms with van der Waals surface area (Å²) in [4.78, 5) is 1.92. The zero-order valence-electron chi connectivity index (χ0n) is 17.2. The van der Waals surface area contributed by atoms with Crippen molar-refractivity contribution in [1.29, 1.82) is 0 Å². The van der Waals surface area contributed by atoms with E-state index < -0.39 is 0 Å². The molecule has 4 heteroatoms. The van der Waals surface area contributed by atoms with Gasteiger partial charge >= 0.3 is 0 Å². The summed E-state index contributed by atoms with van der Waals surface area (Å²) < 4.78 is 13.7. The Morgan fingerprint density at radius 3 is 2.00 bits per heavy atom. The van der Waals surface area contributed by atoms with Crippen LogP contribution in [0.25, 0.3) is 0 Å². The number of benzene rings is 2. The van der Waals surface area contributed by atoms with Crippen molar-refractivity contribution in [2.45, 2.75) is 52.4 Å². The van der Waals surface area contributed by atoms with Gasteiger partial charge in [0.1, 0.15) is 11.6 Å². The fourth-order valence-corrected chi connectivity index (χ4v) is 4.22. The van der Waals surface area contributed by atoms with Crippen LogP contribution >= 0.6 is 8.58 Å². The van der Waals surface area contributed by atoms with Crippen LogP contribution in [0, 0.1) is 5.82 Å². The molecule has 0 bridgehead atoms. The zero-order chi connectivity index (χ0) is 19.9. The summed E-state index contributed by atoms with van der Waals surface area (Å²) in [5.41, 5.74) is 2.84. The highest BCUT2D eigenvalue weighted by molar-refractivity contribution is 7.56. The molecule has 1 unspecified atom stereocenters. The van der Waals surface area contributed by atoms with E-state index in [0.717, 1.165) is 21.9 Å². The van der Waals surface area contributed by atoms with Crippen molar-refractivity contribution in [3.8, 4) is 5.75 Å². The fraction of sp³-hybridized carbons (Fsp3) is 0.455. The molecule has 0 aliphatic heterocycles. The average Bonchev–Trinajstić information content (AvgIpc) is 2.48. The van der Waals surface area contributed by atoms with Crippen molar-refractivity contribution in [2.24, 2.45) is 0 Å². The molecule has 0 saturated carbocycles. The van der Waals surface area contributed by atoms with Crippen LogP contribution in [0.5, 0.6) is 5.75 Å². The van der Waals surface area contributed by atoms with Gasteiger partial charge in [0.15, 0.2) is 0 Å². The predicted octanol–water partition coefficient (Wildman–Crippen LogP) is 4.82. The number of phenolic OH excluding ortho intramolecular Hbond substituents is 1. The molecule has 0 fully saturated rings. The molecule has 0 spiro atoms. The lowest BCUT2D eigenvalue weighted by Gasteiger charge is -2.28. The Balaban J connectivity index is 2.63. The summed E-state index contributed by atoms with van der Waals surface area (Å²) in [5, 5.41) is 12.9. The Bertz CT molecular complexity index is 801. The van der Waals surface area contributed by atoms with Crippen LogP contribution in [0.1, 0.15) is 52.7 Å². The van der Waals surface area contributed by atoms with Gasteiger partial charge in [0.05, 0.1) is 0 Å². The topological polar surface area (TPSA) is 23.5 Å². The maximum atomic E-state index is 13.7. The monoisotopic (exact) mass is 375 g/mol. The van der Waals surface area contributed by atoms with E-state index in [9.17, 15) is 9.50 Å². The van der Waals surface area contributed by atoms with Crippen molar-refractivity contribution in [3.05, 3.63) is 47.3 Å². The maximum absolute atomic E-state index is 13.7. The van der Waals surface area contributed by atoms with Gasteiger partial charge in [-0.05, 0) is 40.7 Å². The van der Waals surface area contributed by atoms with E-state index in [-0.39, 0.29) is 25.2 Å². The Morgan fingerprint density at radius 2 is 1.50 bits per heavy atom. The standard InChI is InChI=1S/C22H31FNOP/c1-21(2,3)14-11-16(22(4,5)6)20(25)19(12-14)26-18-10-9-15(23)13-17(18)24(7)8/h9-13,25-26H,1-8H3. The number of aromatic hydroxyl groups is 1. The second-order valence-corrected chi connectivity index (χ2v) is 10.4. The molecule has 2 rings (SSSR count). The Hall–Kier alpha value is -1.60. The van der Waals surface area contributed by atoms with Gasteiger partial charge in [0.25, 0.3) is 0 Å². The molecule has 26 heavy (non-hydrogen) atoms. The maximum Gasteiger partial charge on any atom is 0.127 e. The summed E-state index contributed by atoms with van der Waals surface area (Å²) in [6, 6.07) is 9.10. The van der Waals surface area contributed by atoms with E-state index in [1.807, 2.05) is 25.1 Å². The molecule has 0 heterocycles. The van der Waals surface area contributed by atoms with Crippen LogP contribution in [-0.2, 0) is 10.8 Å². The van der Waals surface area contributed by atoms with Crippen LogP contribution < -0.4 is 15.5 Å². The fourth-order valence-electron chi connectivity index (χ4n) is 2.86. The molecule has 2 aromatic rings. The number of phenols is 1. The van der Waals surface area contributed by atoms with E-state index in [1.54, 1.807) is 6.07 Å². The quantitative estimate of drug-likeness (QED) is 0.778. The molecule has 142 valence electrons. The highest BCUT2D eigenvalue weighted by atomic mass is 31.1. The lowest BCUT2D eigenvalue weighted by molar-refractivity contribution is 0.449. The first-order valence-corrected chi connectivity index (χ1v) is 9.92. The predicted molar refractivity (Wildman–Crippen MR) is 114 cm³/mol. The minimum atomic E-state index is -0.245. The molecule has 0 radical (unpaired) electrons. The first kappa shape index (κ1) is 20.7. The number of anilines is 1. The van der Waals surface area contributed by atoms with E-state index in [0.29, 0.717) is 5.75 Å². The van der Waals surface area contributed by atoms with Crippen molar-refractivity contribution in [3.63, 3.8) is 0 Å². The first-order chi connectivity index (χ1) is 11.8. The zero-order valence-corrected chi connectivity index (χ0v) is 18.2. The number of rotatable bonds is 3. The Morgan fingerprint density at radius 1 is 0.885 bits per heavy atom. The van der Waals surface area contributed by atoms with Crippen molar-refractivity contribution >= 4 is 24.9 Å². The molecular weight excluding hydrogens is 344 g/mol. The third-order valence-corrected chi connectivity index (χ3v) is 5.84. The van der Waals surface area contributed by atoms with Gasteiger partial charge in [-0.15, -0.1) is 0 Å². The minimum Gasteiger partial charge on any atom is -0.507 e. The van der Waals surface area contributed by atoms with E-state index in [1.165, 1.54) is 11.6 Å². The SMILES string of the molecule is CN(C)c1cc(F)ccc1Pc1cc(C(C)(C)C)cc(C(C)(C)C)c1O. The molecule has 2 nitrogen and oxygen atoms in total. The van der Waals surface area contributed by atoms with Gasteiger partial charge in [-0.2, -0.15) is 0 Å². The molecular formula is C22H31FNOP. The molecule has 1 atom stereocenters. The second-order valence-electron chi connectivity index (χ2n) is 9.10. The van der Waals surface area contributed by atoms with Crippen LogP contribution in [0.15, 0.2) is 30.3 Å². The molecule has 0 aliphatic carbocycles. The first-order valence-electron chi connectivity index (χ1n) is 8.92. The third kappa shape index (κ3) is 4.57. The van der Waals surface area contributed by atoms with Crippen LogP contribution in [0.3, 0.4) is 0 Å². The van der Waals surface area contributed by atoms with Gasteiger partial charge in [-0.3, -0.25) is 0 Å². The number of hydrogen-bond acceptors (Lipinski definition) is 2. The second kappa shape index (κ2) is 7.19. The number of nitrogens with zero attached hydrogens (tertiary/aromatic N) is 1. The summed E-state index contributed by atoms with van der Waals surface area (Å²) in [7, 11) is 4.08. The molecule has 1 N–H and O–H groups in total. The average molecular weight is 375 g/mol. The van der Waals surface area contributed by atoms with Gasteiger partial charge in [0.2, 0.25) is 0 Å². The Labute approximate surface area is 159 Å². The summed E-state index contributed by atoms with van der Waals surface area (Å²) in [5.74, 6) is 0.114. The Kier molecular flexibility index (Phi) is 5.73. The summed E-state index contributed by atoms with van der Waals surface area (Å²) in [6.45, 7) is 12.9. The lowest BCUT2D eigenvalue weighted by Crippen LogP contribution is -2.22. The van der Waals surface area contributed by atoms with Crippen LogP contribution in [0.2, 0.25) is 0 Å². The van der Waals surface area contributed by atoms with E-state index >= 15 is 0 Å². The summed E-state index contributed by atoms with van der Waals surface area (Å²) in [6.07, 6.45) is 0. The largest absolute Gasteiger partial charge is 0.507 e. The molecule has 0 aliphatic rings. The highest BCUT2D eigenvalue weighted by Crippen LogP contribution is 2.37. The molecule has 0 saturated heterocycles. The van der Waals surface area contributed by atoms with E-state index in [4.69, 9.17) is 0 Å². The molecule has 0 aromatic heterocycles. The smallest absolute Gasteiger partial charge is 0.127 e. The van der Waals surface area contributed by atoms with Crippen LogP contribution in [0.4, 0.5) is 10.1 Å². The van der Waals surface area contributed by atoms with Crippen molar-refractivity contribution < 1.29 is 9.50 Å². The van der Waals surface area contributed by atoms with Gasteiger partial charge < -0.3 is 10.0 Å². The lowest BCUT2D eigenvalue weighted by atomic mass is 9.80. The van der Waals surface area contributed by atoms with Gasteiger partial charge in [-0.25, -0.2) is 4.39 Å². The highest BCUT2D eigenvalue weighted by Gasteiger charge is 2.25. The van der Waals surface area contributed by atoms with Crippen molar-refractivity contribution in [2.75, 3.05) is 19.0 Å². The van der Waals surface area contributed by atoms with Crippen LogP contribution in [-0.4, -0.2) is 19.2 Å². The van der Waals surface area contributed by atoms with E-state index in [2.05, 4.69) is 53.7 Å². The number of hydrogen-bond donors (Lipinski definition) is 1.